The van der Waals surface area contributed by atoms with Crippen LogP contribution in [-0.2, 0) is 0 Å². The molecule has 1 saturated carbocycles. The summed E-state index contributed by atoms with van der Waals surface area (Å²) in [7, 11) is 0. The van der Waals surface area contributed by atoms with Crippen molar-refractivity contribution < 1.29 is 14.2 Å². The van der Waals surface area contributed by atoms with Gasteiger partial charge in [-0.15, -0.1) is 0 Å². The highest BCUT2D eigenvalue weighted by atomic mass is 19.1. The van der Waals surface area contributed by atoms with Gasteiger partial charge >= 0.3 is 0 Å². The van der Waals surface area contributed by atoms with Gasteiger partial charge < -0.3 is 9.84 Å². The van der Waals surface area contributed by atoms with Crippen molar-refractivity contribution in [1.82, 2.24) is 0 Å². The summed E-state index contributed by atoms with van der Waals surface area (Å²) >= 11 is 0. The number of hydrogen-bond donors (Lipinski definition) is 1. The number of rotatable bonds is 4. The summed E-state index contributed by atoms with van der Waals surface area (Å²) < 4.78 is 19.4. The zero-order chi connectivity index (χ0) is 14.8. The first kappa shape index (κ1) is 15.3. The number of para-hydroxylation sites is 1. The van der Waals surface area contributed by atoms with Crippen molar-refractivity contribution in [2.24, 2.45) is 11.3 Å². The fourth-order valence-corrected chi connectivity index (χ4v) is 2.94. The lowest BCUT2D eigenvalue weighted by Crippen LogP contribution is -2.42. The molecule has 0 radical (unpaired) electrons. The molecule has 2 nitrogen and oxygen atoms in total. The van der Waals surface area contributed by atoms with E-state index in [2.05, 4.69) is 20.8 Å². The third-order valence-corrected chi connectivity index (χ3v) is 4.89. The van der Waals surface area contributed by atoms with Gasteiger partial charge in [0, 0.05) is 0 Å². The SMILES string of the molecule is CCC(C)(C)C1CCC(O)C(Oc2ccccc2F)C1. The molecule has 1 aliphatic carbocycles. The van der Waals surface area contributed by atoms with E-state index in [4.69, 9.17) is 4.74 Å². The van der Waals surface area contributed by atoms with Gasteiger partial charge in [0.1, 0.15) is 6.10 Å². The Morgan fingerprint density at radius 1 is 1.30 bits per heavy atom. The minimum atomic E-state index is -0.501. The van der Waals surface area contributed by atoms with E-state index in [9.17, 15) is 9.50 Å². The highest BCUT2D eigenvalue weighted by Crippen LogP contribution is 2.41. The number of ether oxygens (including phenoxy) is 1. The van der Waals surface area contributed by atoms with Crippen molar-refractivity contribution >= 4 is 0 Å². The molecule has 1 fully saturated rings. The van der Waals surface area contributed by atoms with Gasteiger partial charge in [0.25, 0.3) is 0 Å². The molecule has 1 aromatic rings. The Hall–Kier alpha value is -1.09. The van der Waals surface area contributed by atoms with Crippen LogP contribution in [0.15, 0.2) is 24.3 Å². The van der Waals surface area contributed by atoms with Gasteiger partial charge in [-0.05, 0) is 42.7 Å². The Kier molecular flexibility index (Phi) is 4.69. The van der Waals surface area contributed by atoms with Gasteiger partial charge in [-0.3, -0.25) is 0 Å². The summed E-state index contributed by atoms with van der Waals surface area (Å²) in [6.07, 6.45) is 2.82. The van der Waals surface area contributed by atoms with Crippen molar-refractivity contribution in [3.05, 3.63) is 30.1 Å². The second kappa shape index (κ2) is 6.13. The molecular weight excluding hydrogens is 255 g/mol. The van der Waals surface area contributed by atoms with Gasteiger partial charge in [0.2, 0.25) is 0 Å². The second-order valence-electron chi connectivity index (χ2n) is 6.51. The largest absolute Gasteiger partial charge is 0.485 e. The maximum absolute atomic E-state index is 13.7. The van der Waals surface area contributed by atoms with Gasteiger partial charge in [-0.1, -0.05) is 39.3 Å². The fraction of sp³-hybridized carbons (Fsp3) is 0.647. The molecule has 1 aromatic carbocycles. The first-order valence-electron chi connectivity index (χ1n) is 7.53. The lowest BCUT2D eigenvalue weighted by Gasteiger charge is -2.41. The van der Waals surface area contributed by atoms with Crippen LogP contribution in [0, 0.1) is 17.2 Å². The highest BCUT2D eigenvalue weighted by molar-refractivity contribution is 5.24. The lowest BCUT2D eigenvalue weighted by atomic mass is 9.68. The molecule has 0 bridgehead atoms. The maximum atomic E-state index is 13.7. The molecule has 20 heavy (non-hydrogen) atoms. The van der Waals surface area contributed by atoms with Crippen LogP contribution in [0.3, 0.4) is 0 Å². The minimum absolute atomic E-state index is 0.233. The number of halogens is 1. The molecule has 0 aromatic heterocycles. The number of aliphatic hydroxyl groups excluding tert-OH is 1. The van der Waals surface area contributed by atoms with E-state index in [1.165, 1.54) is 6.07 Å². The Morgan fingerprint density at radius 3 is 2.65 bits per heavy atom. The Bertz CT molecular complexity index is 444. The lowest BCUT2D eigenvalue weighted by molar-refractivity contribution is -0.0347. The van der Waals surface area contributed by atoms with E-state index >= 15 is 0 Å². The zero-order valence-electron chi connectivity index (χ0n) is 12.6. The second-order valence-corrected chi connectivity index (χ2v) is 6.51. The highest BCUT2D eigenvalue weighted by Gasteiger charge is 2.37. The zero-order valence-corrected chi connectivity index (χ0v) is 12.6. The van der Waals surface area contributed by atoms with Crippen LogP contribution in [0.1, 0.15) is 46.5 Å². The predicted molar refractivity (Wildman–Crippen MR) is 78.2 cm³/mol. The topological polar surface area (TPSA) is 29.5 Å². The van der Waals surface area contributed by atoms with Crippen LogP contribution in [0.25, 0.3) is 0 Å². The summed E-state index contributed by atoms with van der Waals surface area (Å²) in [6, 6.07) is 6.40. The molecule has 112 valence electrons. The average molecular weight is 280 g/mol. The van der Waals surface area contributed by atoms with E-state index in [1.807, 2.05) is 0 Å². The van der Waals surface area contributed by atoms with Gasteiger partial charge in [-0.25, -0.2) is 4.39 Å². The average Bonchev–Trinajstić information content (AvgIpc) is 2.43. The summed E-state index contributed by atoms with van der Waals surface area (Å²) in [5, 5.41) is 10.1. The van der Waals surface area contributed by atoms with Crippen molar-refractivity contribution in [3.63, 3.8) is 0 Å². The summed E-state index contributed by atoms with van der Waals surface area (Å²) in [5.41, 5.74) is 0.233. The molecule has 1 aliphatic rings. The standard InChI is InChI=1S/C17H25FO2/c1-4-17(2,3)12-9-10-14(19)16(11-12)20-15-8-6-5-7-13(15)18/h5-8,12,14,16,19H,4,9-11H2,1-3H3. The van der Waals surface area contributed by atoms with Crippen LogP contribution < -0.4 is 4.74 Å². The molecular formula is C17H25FO2. The molecule has 1 N–H and O–H groups in total. The quantitative estimate of drug-likeness (QED) is 0.897. The molecule has 0 saturated heterocycles. The van der Waals surface area contributed by atoms with E-state index in [0.717, 1.165) is 25.7 Å². The van der Waals surface area contributed by atoms with E-state index < -0.39 is 6.10 Å². The van der Waals surface area contributed by atoms with Gasteiger partial charge in [0.15, 0.2) is 11.6 Å². The summed E-state index contributed by atoms with van der Waals surface area (Å²) in [5.74, 6) is 0.385. The van der Waals surface area contributed by atoms with E-state index in [1.54, 1.807) is 18.2 Å². The van der Waals surface area contributed by atoms with Crippen LogP contribution in [-0.4, -0.2) is 17.3 Å². The van der Waals surface area contributed by atoms with Gasteiger partial charge in [0.05, 0.1) is 6.10 Å². The fourth-order valence-electron chi connectivity index (χ4n) is 2.94. The molecule has 0 amide bonds. The van der Waals surface area contributed by atoms with Crippen molar-refractivity contribution in [2.45, 2.75) is 58.7 Å². The van der Waals surface area contributed by atoms with Crippen molar-refractivity contribution in [1.29, 1.82) is 0 Å². The number of hydrogen-bond acceptors (Lipinski definition) is 2. The third-order valence-electron chi connectivity index (χ3n) is 4.89. The number of benzene rings is 1. The van der Waals surface area contributed by atoms with Crippen molar-refractivity contribution in [3.8, 4) is 5.75 Å². The van der Waals surface area contributed by atoms with Crippen LogP contribution in [0.4, 0.5) is 4.39 Å². The normalized spacial score (nSPS) is 27.4. The van der Waals surface area contributed by atoms with Crippen LogP contribution in [0.5, 0.6) is 5.75 Å². The first-order valence-corrected chi connectivity index (χ1v) is 7.53. The predicted octanol–water partition coefficient (Wildman–Crippen LogP) is 4.17. The Balaban J connectivity index is 2.08. The Labute approximate surface area is 121 Å². The maximum Gasteiger partial charge on any atom is 0.165 e. The Morgan fingerprint density at radius 2 is 2.00 bits per heavy atom. The monoisotopic (exact) mass is 280 g/mol. The minimum Gasteiger partial charge on any atom is -0.485 e. The van der Waals surface area contributed by atoms with Crippen LogP contribution in [0.2, 0.25) is 0 Å². The van der Waals surface area contributed by atoms with Crippen molar-refractivity contribution in [2.75, 3.05) is 0 Å². The molecule has 2 rings (SSSR count). The van der Waals surface area contributed by atoms with E-state index in [-0.39, 0.29) is 23.1 Å². The van der Waals surface area contributed by atoms with Gasteiger partial charge in [-0.2, -0.15) is 0 Å². The number of aliphatic hydroxyl groups is 1. The third kappa shape index (κ3) is 3.32. The molecule has 3 heteroatoms. The summed E-state index contributed by atoms with van der Waals surface area (Å²) in [4.78, 5) is 0. The molecule has 0 aliphatic heterocycles. The first-order chi connectivity index (χ1) is 9.44. The molecule has 0 spiro atoms. The smallest absolute Gasteiger partial charge is 0.165 e. The summed E-state index contributed by atoms with van der Waals surface area (Å²) in [6.45, 7) is 6.71. The molecule has 0 heterocycles. The van der Waals surface area contributed by atoms with Crippen LogP contribution >= 0.6 is 0 Å². The molecule has 3 unspecified atom stereocenters. The van der Waals surface area contributed by atoms with E-state index in [0.29, 0.717) is 5.92 Å². The molecule has 3 atom stereocenters.